The molecular formula is C31H54O3. The van der Waals surface area contributed by atoms with Crippen LogP contribution in [0.25, 0.3) is 0 Å². The predicted octanol–water partition coefficient (Wildman–Crippen LogP) is 10.0. The summed E-state index contributed by atoms with van der Waals surface area (Å²) in [5, 5.41) is 20.0. The fourth-order valence-electron chi connectivity index (χ4n) is 4.88. The summed E-state index contributed by atoms with van der Waals surface area (Å²) in [5.74, 6) is -1.04. The molecule has 0 amide bonds. The molecule has 0 aliphatic carbocycles. The zero-order valence-corrected chi connectivity index (χ0v) is 22.5. The van der Waals surface area contributed by atoms with Gasteiger partial charge in [-0.2, -0.15) is 0 Å². The molecule has 1 rings (SSSR count). The van der Waals surface area contributed by atoms with Gasteiger partial charge in [-0.3, -0.25) is 0 Å². The maximum Gasteiger partial charge on any atom is 0.339 e. The molecule has 0 saturated heterocycles. The van der Waals surface area contributed by atoms with Crippen molar-refractivity contribution in [1.82, 2.24) is 0 Å². The highest BCUT2D eigenvalue weighted by Gasteiger charge is 2.15. The van der Waals surface area contributed by atoms with E-state index in [1.807, 2.05) is 0 Å². The lowest BCUT2D eigenvalue weighted by Crippen LogP contribution is -2.02. The SMILES string of the molecule is CCCCCCCCCCCCc1cc(CCCCCCCCCCCC)c(O)c(C(=O)O)c1. The van der Waals surface area contributed by atoms with Gasteiger partial charge in [0.05, 0.1) is 0 Å². The molecule has 3 nitrogen and oxygen atoms in total. The van der Waals surface area contributed by atoms with E-state index in [-0.39, 0.29) is 11.3 Å². The Morgan fingerprint density at radius 3 is 1.38 bits per heavy atom. The number of carboxylic acids is 1. The van der Waals surface area contributed by atoms with Crippen molar-refractivity contribution in [2.24, 2.45) is 0 Å². The Morgan fingerprint density at radius 2 is 0.971 bits per heavy atom. The van der Waals surface area contributed by atoms with E-state index in [1.54, 1.807) is 6.07 Å². The van der Waals surface area contributed by atoms with Crippen LogP contribution in [0.1, 0.15) is 164 Å². The van der Waals surface area contributed by atoms with Crippen molar-refractivity contribution in [2.75, 3.05) is 0 Å². The number of hydrogen-bond acceptors (Lipinski definition) is 2. The molecule has 0 radical (unpaired) electrons. The van der Waals surface area contributed by atoms with Gasteiger partial charge in [-0.05, 0) is 42.9 Å². The maximum absolute atomic E-state index is 11.7. The number of carboxylic acid groups (broad SMARTS) is 1. The lowest BCUT2D eigenvalue weighted by Gasteiger charge is -2.11. The van der Waals surface area contributed by atoms with E-state index in [4.69, 9.17) is 0 Å². The molecule has 34 heavy (non-hydrogen) atoms. The van der Waals surface area contributed by atoms with Gasteiger partial charge in [-0.1, -0.05) is 135 Å². The second-order valence-electron chi connectivity index (χ2n) is 10.3. The van der Waals surface area contributed by atoms with Gasteiger partial charge in [0.1, 0.15) is 11.3 Å². The van der Waals surface area contributed by atoms with Gasteiger partial charge in [-0.15, -0.1) is 0 Å². The first-order valence-electron chi connectivity index (χ1n) is 14.7. The summed E-state index contributed by atoms with van der Waals surface area (Å²) in [4.78, 5) is 11.7. The van der Waals surface area contributed by atoms with Crippen LogP contribution in [0.4, 0.5) is 0 Å². The fourth-order valence-corrected chi connectivity index (χ4v) is 4.88. The summed E-state index contributed by atoms with van der Waals surface area (Å²) in [6, 6.07) is 3.75. The van der Waals surface area contributed by atoms with Crippen LogP contribution in [0.5, 0.6) is 5.75 Å². The Hall–Kier alpha value is -1.51. The summed E-state index contributed by atoms with van der Waals surface area (Å²) in [5.41, 5.74) is 1.96. The highest BCUT2D eigenvalue weighted by Crippen LogP contribution is 2.28. The van der Waals surface area contributed by atoms with Crippen LogP contribution in [-0.4, -0.2) is 16.2 Å². The smallest absolute Gasteiger partial charge is 0.339 e. The Kier molecular flexibility index (Phi) is 18.7. The number of carbonyl (C=O) groups is 1. The van der Waals surface area contributed by atoms with Gasteiger partial charge in [-0.25, -0.2) is 4.79 Å². The third kappa shape index (κ3) is 14.7. The third-order valence-electron chi connectivity index (χ3n) is 7.10. The van der Waals surface area contributed by atoms with Crippen molar-refractivity contribution < 1.29 is 15.0 Å². The van der Waals surface area contributed by atoms with Crippen molar-refractivity contribution in [2.45, 2.75) is 155 Å². The molecular weight excluding hydrogens is 420 g/mol. The number of aryl methyl sites for hydroxylation is 2. The number of hydrogen-bond donors (Lipinski definition) is 2. The summed E-state index contributed by atoms with van der Waals surface area (Å²) in [6.45, 7) is 4.51. The molecule has 1 aromatic carbocycles. The summed E-state index contributed by atoms with van der Waals surface area (Å²) >= 11 is 0. The van der Waals surface area contributed by atoms with E-state index in [2.05, 4.69) is 19.9 Å². The quantitative estimate of drug-likeness (QED) is 0.155. The second kappa shape index (κ2) is 20.8. The van der Waals surface area contributed by atoms with E-state index in [9.17, 15) is 15.0 Å². The summed E-state index contributed by atoms with van der Waals surface area (Å²) < 4.78 is 0. The summed E-state index contributed by atoms with van der Waals surface area (Å²) in [7, 11) is 0. The van der Waals surface area contributed by atoms with Crippen LogP contribution in [-0.2, 0) is 12.8 Å². The topological polar surface area (TPSA) is 57.5 Å². The lowest BCUT2D eigenvalue weighted by atomic mass is 9.96. The second-order valence-corrected chi connectivity index (χ2v) is 10.3. The van der Waals surface area contributed by atoms with Crippen LogP contribution in [0.15, 0.2) is 12.1 Å². The Labute approximate surface area is 210 Å². The molecule has 0 atom stereocenters. The molecule has 0 aromatic heterocycles. The van der Waals surface area contributed by atoms with E-state index in [0.717, 1.165) is 43.2 Å². The van der Waals surface area contributed by atoms with Gasteiger partial charge in [0, 0.05) is 0 Å². The Morgan fingerprint density at radius 1 is 0.588 bits per heavy atom. The molecule has 0 unspecified atom stereocenters. The average molecular weight is 475 g/mol. The average Bonchev–Trinajstić information content (AvgIpc) is 2.82. The molecule has 3 heteroatoms. The highest BCUT2D eigenvalue weighted by molar-refractivity contribution is 5.91. The number of aromatic carboxylic acids is 1. The predicted molar refractivity (Wildman–Crippen MR) is 146 cm³/mol. The first-order chi connectivity index (χ1) is 16.6. The fraction of sp³-hybridized carbons (Fsp3) is 0.774. The lowest BCUT2D eigenvalue weighted by molar-refractivity contribution is 0.0693. The number of unbranched alkanes of at least 4 members (excludes halogenated alkanes) is 18. The maximum atomic E-state index is 11.7. The van der Waals surface area contributed by atoms with Crippen molar-refractivity contribution >= 4 is 5.97 Å². The van der Waals surface area contributed by atoms with Crippen molar-refractivity contribution in [3.63, 3.8) is 0 Å². The van der Waals surface area contributed by atoms with Crippen molar-refractivity contribution in [1.29, 1.82) is 0 Å². The normalized spacial score (nSPS) is 11.2. The van der Waals surface area contributed by atoms with Crippen LogP contribution < -0.4 is 0 Å². The zero-order valence-electron chi connectivity index (χ0n) is 22.5. The number of benzene rings is 1. The van der Waals surface area contributed by atoms with Gasteiger partial charge in [0.15, 0.2) is 0 Å². The Bertz CT molecular complexity index is 638. The van der Waals surface area contributed by atoms with Crippen LogP contribution in [0.3, 0.4) is 0 Å². The van der Waals surface area contributed by atoms with E-state index in [1.165, 1.54) is 109 Å². The van der Waals surface area contributed by atoms with E-state index >= 15 is 0 Å². The zero-order chi connectivity index (χ0) is 24.9. The van der Waals surface area contributed by atoms with Crippen LogP contribution >= 0.6 is 0 Å². The molecule has 0 heterocycles. The van der Waals surface area contributed by atoms with Gasteiger partial charge >= 0.3 is 5.97 Å². The number of rotatable bonds is 23. The van der Waals surface area contributed by atoms with Crippen molar-refractivity contribution in [3.8, 4) is 5.75 Å². The first kappa shape index (κ1) is 30.5. The van der Waals surface area contributed by atoms with Crippen LogP contribution in [0.2, 0.25) is 0 Å². The molecule has 0 fully saturated rings. The van der Waals surface area contributed by atoms with Gasteiger partial charge in [0.25, 0.3) is 0 Å². The summed E-state index contributed by atoms with van der Waals surface area (Å²) in [6.07, 6.45) is 27.5. The molecule has 196 valence electrons. The molecule has 0 aliphatic rings. The van der Waals surface area contributed by atoms with Crippen molar-refractivity contribution in [3.05, 3.63) is 28.8 Å². The van der Waals surface area contributed by atoms with Gasteiger partial charge < -0.3 is 10.2 Å². The first-order valence-corrected chi connectivity index (χ1v) is 14.7. The van der Waals surface area contributed by atoms with Crippen LogP contribution in [0, 0.1) is 0 Å². The Balaban J connectivity index is 2.32. The number of aromatic hydroxyl groups is 1. The van der Waals surface area contributed by atoms with Gasteiger partial charge in [0.2, 0.25) is 0 Å². The minimum atomic E-state index is -1.02. The minimum Gasteiger partial charge on any atom is -0.507 e. The molecule has 0 saturated carbocycles. The van der Waals surface area contributed by atoms with E-state index < -0.39 is 5.97 Å². The van der Waals surface area contributed by atoms with E-state index in [0.29, 0.717) is 0 Å². The molecule has 2 N–H and O–H groups in total. The molecule has 0 aliphatic heterocycles. The molecule has 1 aromatic rings. The third-order valence-corrected chi connectivity index (χ3v) is 7.10. The highest BCUT2D eigenvalue weighted by atomic mass is 16.4. The minimum absolute atomic E-state index is 0.0183. The molecule has 0 spiro atoms. The monoisotopic (exact) mass is 474 g/mol. The largest absolute Gasteiger partial charge is 0.507 e. The number of phenols is 1. The standard InChI is InChI=1S/C31H54O3/c1-3-5-7-9-11-13-15-17-19-21-23-27-25-28(30(32)29(26-27)31(33)34)24-22-20-18-16-14-12-10-8-6-4-2/h25-26,32H,3-24H2,1-2H3,(H,33,34). The molecule has 0 bridgehead atoms.